The molecule has 1 aromatic carbocycles. The molecule has 22 heavy (non-hydrogen) atoms. The normalized spacial score (nSPS) is 15.5. The quantitative estimate of drug-likeness (QED) is 0.874. The second-order valence-electron chi connectivity index (χ2n) is 5.34. The fourth-order valence-electron chi connectivity index (χ4n) is 2.72. The maximum Gasteiger partial charge on any atom is 0.146 e. The van der Waals surface area contributed by atoms with E-state index in [1.165, 1.54) is 0 Å². The summed E-state index contributed by atoms with van der Waals surface area (Å²) in [6.45, 7) is 4.48. The van der Waals surface area contributed by atoms with Gasteiger partial charge >= 0.3 is 0 Å². The minimum absolute atomic E-state index is 0.641. The summed E-state index contributed by atoms with van der Waals surface area (Å²) in [5.74, 6) is 0.794. The highest BCUT2D eigenvalue weighted by Gasteiger charge is 2.20. The first-order chi connectivity index (χ1) is 10.8. The van der Waals surface area contributed by atoms with Crippen molar-refractivity contribution in [3.63, 3.8) is 0 Å². The lowest BCUT2D eigenvalue weighted by molar-refractivity contribution is 0.249. The summed E-state index contributed by atoms with van der Waals surface area (Å²) >= 11 is 6.22. The zero-order valence-corrected chi connectivity index (χ0v) is 13.0. The Morgan fingerprint density at radius 2 is 1.86 bits per heavy atom. The highest BCUT2D eigenvalue weighted by atomic mass is 35.5. The smallest absolute Gasteiger partial charge is 0.146 e. The van der Waals surface area contributed by atoms with Gasteiger partial charge in [0.1, 0.15) is 11.9 Å². The average Bonchev–Trinajstić information content (AvgIpc) is 2.58. The number of hydrogen-bond acceptors (Lipinski definition) is 4. The molecule has 1 aromatic heterocycles. The second kappa shape index (κ2) is 6.78. The molecule has 1 aliphatic heterocycles. The van der Waals surface area contributed by atoms with Crippen LogP contribution in [0.25, 0.3) is 0 Å². The van der Waals surface area contributed by atoms with Crippen LogP contribution in [0.5, 0.6) is 0 Å². The fourth-order valence-corrected chi connectivity index (χ4v) is 2.92. The van der Waals surface area contributed by atoms with Crippen molar-refractivity contribution < 1.29 is 0 Å². The van der Waals surface area contributed by atoms with E-state index in [9.17, 15) is 5.26 Å². The van der Waals surface area contributed by atoms with Crippen LogP contribution in [0.15, 0.2) is 42.6 Å². The predicted molar refractivity (Wildman–Crippen MR) is 87.9 cm³/mol. The lowest BCUT2D eigenvalue weighted by Crippen LogP contribution is -2.46. The van der Waals surface area contributed by atoms with Crippen LogP contribution < -0.4 is 4.90 Å². The molecule has 0 unspecified atom stereocenters. The summed E-state index contributed by atoms with van der Waals surface area (Å²) in [7, 11) is 0. The van der Waals surface area contributed by atoms with Crippen molar-refractivity contribution in [2.45, 2.75) is 6.54 Å². The molecule has 2 heterocycles. The van der Waals surface area contributed by atoms with E-state index in [1.807, 2.05) is 24.3 Å². The molecule has 0 atom stereocenters. The third-order valence-electron chi connectivity index (χ3n) is 3.93. The highest BCUT2D eigenvalue weighted by Crippen LogP contribution is 2.21. The summed E-state index contributed by atoms with van der Waals surface area (Å²) < 4.78 is 0. The number of aromatic nitrogens is 1. The van der Waals surface area contributed by atoms with Gasteiger partial charge in [-0.15, -0.1) is 0 Å². The Morgan fingerprint density at radius 1 is 1.09 bits per heavy atom. The molecule has 1 aliphatic rings. The Labute approximate surface area is 135 Å². The molecule has 0 N–H and O–H groups in total. The minimum Gasteiger partial charge on any atom is -0.353 e. The van der Waals surface area contributed by atoms with E-state index >= 15 is 0 Å². The van der Waals surface area contributed by atoms with Crippen LogP contribution in [0.4, 0.5) is 5.82 Å². The van der Waals surface area contributed by atoms with Gasteiger partial charge in [-0.05, 0) is 23.8 Å². The van der Waals surface area contributed by atoms with E-state index in [0.717, 1.165) is 49.1 Å². The van der Waals surface area contributed by atoms with Gasteiger partial charge in [-0.1, -0.05) is 29.8 Å². The van der Waals surface area contributed by atoms with Crippen LogP contribution in [-0.4, -0.2) is 36.1 Å². The molecule has 0 spiro atoms. The molecule has 2 aromatic rings. The van der Waals surface area contributed by atoms with Crippen molar-refractivity contribution in [2.24, 2.45) is 0 Å². The van der Waals surface area contributed by atoms with Crippen LogP contribution in [0.2, 0.25) is 5.02 Å². The predicted octanol–water partition coefficient (Wildman–Crippen LogP) is 2.93. The van der Waals surface area contributed by atoms with Gasteiger partial charge in [0.2, 0.25) is 0 Å². The Hall–Kier alpha value is -2.09. The van der Waals surface area contributed by atoms with Gasteiger partial charge in [0, 0.05) is 43.9 Å². The van der Waals surface area contributed by atoms with E-state index in [-0.39, 0.29) is 0 Å². The van der Waals surface area contributed by atoms with Crippen molar-refractivity contribution >= 4 is 17.4 Å². The average molecular weight is 313 g/mol. The van der Waals surface area contributed by atoms with E-state index < -0.39 is 0 Å². The minimum atomic E-state index is 0.641. The van der Waals surface area contributed by atoms with Crippen molar-refractivity contribution in [1.29, 1.82) is 5.26 Å². The molecular formula is C17H17ClN4. The molecule has 0 saturated carbocycles. The standard InChI is InChI=1S/C17H17ClN4/c18-16-6-2-1-4-15(16)13-21-8-10-22(11-9-21)17-14(12-19)5-3-7-20-17/h1-7H,8-11,13H2. The summed E-state index contributed by atoms with van der Waals surface area (Å²) in [5, 5.41) is 10.0. The number of halogens is 1. The second-order valence-corrected chi connectivity index (χ2v) is 5.75. The Balaban J connectivity index is 1.63. The van der Waals surface area contributed by atoms with Crippen LogP contribution in [0.1, 0.15) is 11.1 Å². The molecule has 3 rings (SSSR count). The first-order valence-electron chi connectivity index (χ1n) is 7.34. The number of hydrogen-bond donors (Lipinski definition) is 0. The summed E-state index contributed by atoms with van der Waals surface area (Å²) in [6.07, 6.45) is 1.74. The Bertz CT molecular complexity index is 687. The van der Waals surface area contributed by atoms with Crippen molar-refractivity contribution in [3.8, 4) is 6.07 Å². The number of nitrogens with zero attached hydrogens (tertiary/aromatic N) is 4. The molecule has 0 bridgehead atoms. The number of benzene rings is 1. The van der Waals surface area contributed by atoms with Crippen molar-refractivity contribution in [3.05, 3.63) is 58.7 Å². The zero-order valence-electron chi connectivity index (χ0n) is 12.2. The summed E-state index contributed by atoms with van der Waals surface area (Å²) in [6, 6.07) is 13.8. The van der Waals surface area contributed by atoms with Gasteiger partial charge in [-0.2, -0.15) is 5.26 Å². The van der Waals surface area contributed by atoms with Crippen LogP contribution in [-0.2, 0) is 6.54 Å². The van der Waals surface area contributed by atoms with Crippen LogP contribution in [0, 0.1) is 11.3 Å². The SMILES string of the molecule is N#Cc1cccnc1N1CCN(Cc2ccccc2Cl)CC1. The van der Waals surface area contributed by atoms with Gasteiger partial charge in [0.15, 0.2) is 0 Å². The third-order valence-corrected chi connectivity index (χ3v) is 4.30. The van der Waals surface area contributed by atoms with Crippen molar-refractivity contribution in [2.75, 3.05) is 31.1 Å². The molecule has 1 fully saturated rings. The van der Waals surface area contributed by atoms with E-state index in [2.05, 4.69) is 26.9 Å². The van der Waals surface area contributed by atoms with Gasteiger partial charge in [-0.25, -0.2) is 4.98 Å². The number of nitriles is 1. The highest BCUT2D eigenvalue weighted by molar-refractivity contribution is 6.31. The van der Waals surface area contributed by atoms with E-state index in [0.29, 0.717) is 5.56 Å². The first-order valence-corrected chi connectivity index (χ1v) is 7.71. The largest absolute Gasteiger partial charge is 0.353 e. The van der Waals surface area contributed by atoms with E-state index in [4.69, 9.17) is 11.6 Å². The summed E-state index contributed by atoms with van der Waals surface area (Å²) in [4.78, 5) is 8.92. The number of rotatable bonds is 3. The molecule has 112 valence electrons. The fraction of sp³-hybridized carbons (Fsp3) is 0.294. The van der Waals surface area contributed by atoms with Gasteiger partial charge < -0.3 is 4.90 Å². The third kappa shape index (κ3) is 3.22. The molecule has 0 amide bonds. The Kier molecular flexibility index (Phi) is 4.57. The van der Waals surface area contributed by atoms with Gasteiger partial charge in [0.05, 0.1) is 5.56 Å². The molecule has 5 heteroatoms. The molecular weight excluding hydrogens is 296 g/mol. The lowest BCUT2D eigenvalue weighted by Gasteiger charge is -2.35. The number of piperazine rings is 1. The molecule has 0 aliphatic carbocycles. The van der Waals surface area contributed by atoms with Crippen LogP contribution in [0.3, 0.4) is 0 Å². The number of anilines is 1. The molecule has 4 nitrogen and oxygen atoms in total. The maximum atomic E-state index is 9.18. The lowest BCUT2D eigenvalue weighted by atomic mass is 10.2. The maximum absolute atomic E-state index is 9.18. The number of pyridine rings is 1. The molecule has 0 radical (unpaired) electrons. The van der Waals surface area contributed by atoms with Crippen LogP contribution >= 0.6 is 11.6 Å². The zero-order chi connectivity index (χ0) is 15.4. The topological polar surface area (TPSA) is 43.2 Å². The van der Waals surface area contributed by atoms with Gasteiger partial charge in [-0.3, -0.25) is 4.90 Å². The molecule has 1 saturated heterocycles. The monoisotopic (exact) mass is 312 g/mol. The summed E-state index contributed by atoms with van der Waals surface area (Å²) in [5.41, 5.74) is 1.80. The first kappa shape index (κ1) is 14.8. The Morgan fingerprint density at radius 3 is 2.59 bits per heavy atom. The van der Waals surface area contributed by atoms with Crippen molar-refractivity contribution in [1.82, 2.24) is 9.88 Å². The van der Waals surface area contributed by atoms with Gasteiger partial charge in [0.25, 0.3) is 0 Å². The van der Waals surface area contributed by atoms with E-state index in [1.54, 1.807) is 12.3 Å².